The molecule has 2 aromatic carbocycles. The maximum Gasteiger partial charge on any atom is 0.416 e. The summed E-state index contributed by atoms with van der Waals surface area (Å²) in [6.45, 7) is 0. The van der Waals surface area contributed by atoms with E-state index in [9.17, 15) is 18.0 Å². The van der Waals surface area contributed by atoms with E-state index in [0.717, 1.165) is 32.9 Å². The predicted octanol–water partition coefficient (Wildman–Crippen LogP) is 5.48. The van der Waals surface area contributed by atoms with Crippen molar-refractivity contribution in [2.24, 2.45) is 5.73 Å². The Bertz CT molecular complexity index is 996. The third-order valence-electron chi connectivity index (χ3n) is 3.95. The highest BCUT2D eigenvalue weighted by molar-refractivity contribution is 7.99. The second-order valence-corrected chi connectivity index (χ2v) is 6.98. The molecule has 0 aliphatic heterocycles. The molecule has 0 aliphatic rings. The summed E-state index contributed by atoms with van der Waals surface area (Å²) in [5.41, 5.74) is 4.79. The normalized spacial score (nSPS) is 11.2. The largest absolute Gasteiger partial charge is 0.495 e. The van der Waals surface area contributed by atoms with Gasteiger partial charge < -0.3 is 10.5 Å². The molecule has 0 unspecified atom stereocenters. The highest BCUT2D eigenvalue weighted by Crippen LogP contribution is 2.40. The molecule has 0 saturated heterocycles. The van der Waals surface area contributed by atoms with Crippen LogP contribution in [0.2, 0.25) is 0 Å². The molecule has 29 heavy (non-hydrogen) atoms. The van der Waals surface area contributed by atoms with E-state index in [0.29, 0.717) is 5.69 Å². The van der Waals surface area contributed by atoms with Crippen molar-refractivity contribution in [2.75, 3.05) is 12.0 Å². The van der Waals surface area contributed by atoms with Gasteiger partial charge in [-0.05, 0) is 54.6 Å². The molecule has 0 spiro atoms. The summed E-state index contributed by atoms with van der Waals surface area (Å²) in [6.07, 6.45) is -1.23. The number of ether oxygens (including phenoxy) is 1. The number of amides is 2. The standard InChI is InChI=1S/C20H16F3N3O2S/c1-28-18-7-2-13(20(21,22)23)12-17(18)26(19(24)27)14-3-5-15(6-4-14)29-16-8-10-25-11-9-16/h2-12H,1H3,(H2,24,27). The molecule has 0 saturated carbocycles. The fourth-order valence-corrected chi connectivity index (χ4v) is 3.43. The predicted molar refractivity (Wildman–Crippen MR) is 105 cm³/mol. The Morgan fingerprint density at radius 1 is 1.03 bits per heavy atom. The van der Waals surface area contributed by atoms with E-state index in [4.69, 9.17) is 10.5 Å². The number of anilines is 2. The van der Waals surface area contributed by atoms with Crippen LogP contribution in [0, 0.1) is 0 Å². The van der Waals surface area contributed by atoms with Crippen LogP contribution in [0.3, 0.4) is 0 Å². The Labute approximate surface area is 169 Å². The Kier molecular flexibility index (Phi) is 5.97. The van der Waals surface area contributed by atoms with Crippen molar-refractivity contribution in [3.05, 3.63) is 72.6 Å². The molecule has 9 heteroatoms. The number of urea groups is 1. The molecule has 1 aromatic heterocycles. The van der Waals surface area contributed by atoms with E-state index in [-0.39, 0.29) is 11.4 Å². The van der Waals surface area contributed by atoms with Crippen LogP contribution in [-0.4, -0.2) is 18.1 Å². The first-order valence-electron chi connectivity index (χ1n) is 8.32. The third kappa shape index (κ3) is 4.80. The summed E-state index contributed by atoms with van der Waals surface area (Å²) >= 11 is 1.48. The summed E-state index contributed by atoms with van der Waals surface area (Å²) in [7, 11) is 1.31. The first kappa shape index (κ1) is 20.5. The molecular weight excluding hydrogens is 403 g/mol. The lowest BCUT2D eigenvalue weighted by Crippen LogP contribution is -2.32. The second-order valence-electron chi connectivity index (χ2n) is 5.84. The molecule has 3 aromatic rings. The van der Waals surface area contributed by atoms with Gasteiger partial charge in [-0.25, -0.2) is 4.79 Å². The van der Waals surface area contributed by atoms with Crippen LogP contribution in [-0.2, 0) is 6.18 Å². The van der Waals surface area contributed by atoms with Crippen LogP contribution in [0.25, 0.3) is 0 Å². The van der Waals surface area contributed by atoms with Crippen molar-refractivity contribution >= 4 is 29.2 Å². The topological polar surface area (TPSA) is 68.5 Å². The van der Waals surface area contributed by atoms with Gasteiger partial charge in [0.15, 0.2) is 0 Å². The Balaban J connectivity index is 1.97. The molecule has 0 aliphatic carbocycles. The lowest BCUT2D eigenvalue weighted by Gasteiger charge is -2.24. The van der Waals surface area contributed by atoms with E-state index < -0.39 is 17.8 Å². The molecule has 0 radical (unpaired) electrons. The van der Waals surface area contributed by atoms with Crippen molar-refractivity contribution in [3.8, 4) is 5.75 Å². The number of carbonyl (C=O) groups is 1. The minimum Gasteiger partial charge on any atom is -0.495 e. The van der Waals surface area contributed by atoms with Crippen LogP contribution in [0.1, 0.15) is 5.56 Å². The summed E-state index contributed by atoms with van der Waals surface area (Å²) < 4.78 is 44.6. The summed E-state index contributed by atoms with van der Waals surface area (Å²) in [5.74, 6) is 0.0898. The second kappa shape index (κ2) is 8.44. The number of hydrogen-bond donors (Lipinski definition) is 1. The smallest absolute Gasteiger partial charge is 0.416 e. The number of benzene rings is 2. The monoisotopic (exact) mass is 419 g/mol. The first-order chi connectivity index (χ1) is 13.8. The SMILES string of the molecule is COc1ccc(C(F)(F)F)cc1N(C(N)=O)c1ccc(Sc2ccncc2)cc1. The first-order valence-corrected chi connectivity index (χ1v) is 9.14. The molecule has 2 amide bonds. The molecule has 1 heterocycles. The lowest BCUT2D eigenvalue weighted by atomic mass is 10.1. The van der Waals surface area contributed by atoms with Gasteiger partial charge in [0, 0.05) is 22.2 Å². The van der Waals surface area contributed by atoms with Gasteiger partial charge in [0.25, 0.3) is 0 Å². The number of halogens is 3. The summed E-state index contributed by atoms with van der Waals surface area (Å²) in [4.78, 5) is 18.9. The number of nitrogens with two attached hydrogens (primary N) is 1. The minimum atomic E-state index is -4.57. The molecule has 0 atom stereocenters. The van der Waals surface area contributed by atoms with Crippen LogP contribution in [0.4, 0.5) is 29.3 Å². The Morgan fingerprint density at radius 3 is 2.21 bits per heavy atom. The Hall–Kier alpha value is -3.20. The lowest BCUT2D eigenvalue weighted by molar-refractivity contribution is -0.137. The number of pyridine rings is 1. The summed E-state index contributed by atoms with van der Waals surface area (Å²) in [5, 5.41) is 0. The van der Waals surface area contributed by atoms with Gasteiger partial charge in [-0.1, -0.05) is 11.8 Å². The molecule has 150 valence electrons. The average molecular weight is 419 g/mol. The number of aromatic nitrogens is 1. The maximum absolute atomic E-state index is 13.1. The third-order valence-corrected chi connectivity index (χ3v) is 4.96. The van der Waals surface area contributed by atoms with Crippen LogP contribution < -0.4 is 15.4 Å². The minimum absolute atomic E-state index is 0.0898. The molecule has 0 fully saturated rings. The van der Waals surface area contributed by atoms with Crippen molar-refractivity contribution in [3.63, 3.8) is 0 Å². The van der Waals surface area contributed by atoms with Gasteiger partial charge in [0.05, 0.1) is 24.0 Å². The average Bonchev–Trinajstić information content (AvgIpc) is 2.69. The van der Waals surface area contributed by atoms with Gasteiger partial charge in [0.2, 0.25) is 0 Å². The quantitative estimate of drug-likeness (QED) is 0.595. The summed E-state index contributed by atoms with van der Waals surface area (Å²) in [6, 6.07) is 12.3. The molecule has 5 nitrogen and oxygen atoms in total. The molecular formula is C20H16F3N3O2S. The number of methoxy groups -OCH3 is 1. The molecule has 3 rings (SSSR count). The number of primary amides is 1. The number of hydrogen-bond acceptors (Lipinski definition) is 4. The zero-order valence-corrected chi connectivity index (χ0v) is 16.0. The number of alkyl halides is 3. The van der Waals surface area contributed by atoms with Gasteiger partial charge in [-0.2, -0.15) is 13.2 Å². The van der Waals surface area contributed by atoms with Crippen LogP contribution in [0.15, 0.2) is 76.8 Å². The van der Waals surface area contributed by atoms with Gasteiger partial charge in [-0.15, -0.1) is 0 Å². The van der Waals surface area contributed by atoms with E-state index in [1.165, 1.54) is 18.9 Å². The van der Waals surface area contributed by atoms with Crippen molar-refractivity contribution < 1.29 is 22.7 Å². The zero-order valence-electron chi connectivity index (χ0n) is 15.2. The maximum atomic E-state index is 13.1. The fraction of sp³-hybridized carbons (Fsp3) is 0.100. The van der Waals surface area contributed by atoms with E-state index in [2.05, 4.69) is 4.98 Å². The van der Waals surface area contributed by atoms with Crippen molar-refractivity contribution in [2.45, 2.75) is 16.0 Å². The van der Waals surface area contributed by atoms with Gasteiger partial charge in [0.1, 0.15) is 5.75 Å². The fourth-order valence-electron chi connectivity index (χ4n) is 2.63. The van der Waals surface area contributed by atoms with Crippen molar-refractivity contribution in [1.29, 1.82) is 0 Å². The number of rotatable bonds is 5. The van der Waals surface area contributed by atoms with Crippen LogP contribution >= 0.6 is 11.8 Å². The van der Waals surface area contributed by atoms with Crippen LogP contribution in [0.5, 0.6) is 5.75 Å². The Morgan fingerprint density at radius 2 is 1.66 bits per heavy atom. The molecule has 0 bridgehead atoms. The van der Waals surface area contributed by atoms with E-state index in [1.807, 2.05) is 12.1 Å². The van der Waals surface area contributed by atoms with Gasteiger partial charge in [-0.3, -0.25) is 9.88 Å². The van der Waals surface area contributed by atoms with E-state index >= 15 is 0 Å². The van der Waals surface area contributed by atoms with Crippen molar-refractivity contribution in [1.82, 2.24) is 4.98 Å². The highest BCUT2D eigenvalue weighted by Gasteiger charge is 2.32. The zero-order chi connectivity index (χ0) is 21.0. The number of carbonyl (C=O) groups excluding carboxylic acids is 1. The highest BCUT2D eigenvalue weighted by atomic mass is 32.2. The molecule has 2 N–H and O–H groups in total. The van der Waals surface area contributed by atoms with E-state index in [1.54, 1.807) is 36.7 Å². The van der Waals surface area contributed by atoms with Gasteiger partial charge >= 0.3 is 12.2 Å². The number of nitrogens with zero attached hydrogens (tertiary/aromatic N) is 2.